The standard InChI is InChI=1S/C31H19F3N4/c32-22-15-23(33)29(36)28(34)26(22)17-8-6-16(7-9-17)19-10-11-20-25(14-19)38-31(18-4-2-1-3-5-18)21-12-13-24(35)30(37)27(20)21/h1-15,35,37H,36H2. The van der Waals surface area contributed by atoms with Gasteiger partial charge in [-0.25, -0.2) is 18.2 Å². The largest absolute Gasteiger partial charge is 0.394 e. The van der Waals surface area contributed by atoms with E-state index in [1.165, 1.54) is 0 Å². The molecule has 1 aliphatic rings. The highest BCUT2D eigenvalue weighted by Crippen LogP contribution is 2.36. The Morgan fingerprint density at radius 2 is 1.34 bits per heavy atom. The van der Waals surface area contributed by atoms with Gasteiger partial charge in [0.05, 0.1) is 28.2 Å². The quantitative estimate of drug-likeness (QED) is 0.220. The number of allylic oxidation sites excluding steroid dienone is 1. The number of rotatable bonds is 3. The van der Waals surface area contributed by atoms with Crippen molar-refractivity contribution >= 4 is 34.1 Å². The van der Waals surface area contributed by atoms with Gasteiger partial charge in [0.1, 0.15) is 11.5 Å². The molecule has 4 aromatic carbocycles. The molecule has 1 aromatic heterocycles. The molecule has 0 amide bonds. The molecule has 184 valence electrons. The second-order valence-corrected chi connectivity index (χ2v) is 8.99. The van der Waals surface area contributed by atoms with Crippen molar-refractivity contribution in [3.63, 3.8) is 0 Å². The van der Waals surface area contributed by atoms with Crippen LogP contribution >= 0.6 is 0 Å². The third kappa shape index (κ3) is 3.67. The van der Waals surface area contributed by atoms with Gasteiger partial charge in [0.2, 0.25) is 0 Å². The summed E-state index contributed by atoms with van der Waals surface area (Å²) in [6.07, 6.45) is 3.44. The smallest absolute Gasteiger partial charge is 0.159 e. The number of pyridine rings is 1. The second kappa shape index (κ2) is 8.81. The molecule has 0 bridgehead atoms. The van der Waals surface area contributed by atoms with Crippen LogP contribution in [0.15, 0.2) is 84.9 Å². The van der Waals surface area contributed by atoms with E-state index in [4.69, 9.17) is 21.5 Å². The van der Waals surface area contributed by atoms with Crippen molar-refractivity contribution in [2.45, 2.75) is 0 Å². The number of anilines is 1. The molecule has 38 heavy (non-hydrogen) atoms. The fraction of sp³-hybridized carbons (Fsp3) is 0. The van der Waals surface area contributed by atoms with Gasteiger partial charge in [-0.15, -0.1) is 0 Å². The van der Waals surface area contributed by atoms with E-state index in [1.807, 2.05) is 54.6 Å². The summed E-state index contributed by atoms with van der Waals surface area (Å²) in [5.74, 6) is -3.30. The maximum Gasteiger partial charge on any atom is 0.159 e. The first-order valence-corrected chi connectivity index (χ1v) is 11.8. The molecule has 0 fully saturated rings. The number of fused-ring (bicyclic) bond motifs is 3. The van der Waals surface area contributed by atoms with Crippen LogP contribution in [0.4, 0.5) is 18.9 Å². The van der Waals surface area contributed by atoms with Crippen molar-refractivity contribution in [1.82, 2.24) is 4.98 Å². The van der Waals surface area contributed by atoms with Crippen LogP contribution in [-0.4, -0.2) is 16.4 Å². The van der Waals surface area contributed by atoms with Gasteiger partial charge in [-0.2, -0.15) is 0 Å². The molecule has 0 spiro atoms. The summed E-state index contributed by atoms with van der Waals surface area (Å²) in [7, 11) is 0. The van der Waals surface area contributed by atoms with Gasteiger partial charge in [0, 0.05) is 28.1 Å². The molecule has 0 saturated heterocycles. The van der Waals surface area contributed by atoms with E-state index in [0.717, 1.165) is 27.6 Å². The van der Waals surface area contributed by atoms with Crippen LogP contribution in [0.25, 0.3) is 50.5 Å². The lowest BCUT2D eigenvalue weighted by Crippen LogP contribution is -2.17. The minimum absolute atomic E-state index is 0.129. The van der Waals surface area contributed by atoms with E-state index in [0.29, 0.717) is 22.8 Å². The summed E-state index contributed by atoms with van der Waals surface area (Å²) < 4.78 is 42.5. The third-order valence-electron chi connectivity index (χ3n) is 6.72. The molecule has 5 aromatic rings. The fourth-order valence-electron chi connectivity index (χ4n) is 4.79. The van der Waals surface area contributed by atoms with Crippen molar-refractivity contribution in [2.24, 2.45) is 0 Å². The number of aromatic nitrogens is 1. The molecule has 0 saturated carbocycles. The summed E-state index contributed by atoms with van der Waals surface area (Å²) >= 11 is 0. The first kappa shape index (κ1) is 23.4. The fourth-order valence-corrected chi connectivity index (χ4v) is 4.79. The number of hydrogen-bond acceptors (Lipinski definition) is 4. The molecule has 1 heterocycles. The molecule has 0 radical (unpaired) electrons. The highest BCUT2D eigenvalue weighted by atomic mass is 19.1. The minimum atomic E-state index is -1.14. The Morgan fingerprint density at radius 1 is 0.658 bits per heavy atom. The molecule has 0 aliphatic heterocycles. The zero-order valence-corrected chi connectivity index (χ0v) is 19.8. The van der Waals surface area contributed by atoms with Gasteiger partial charge in [-0.05, 0) is 34.9 Å². The van der Waals surface area contributed by atoms with Gasteiger partial charge in [-0.3, -0.25) is 10.8 Å². The van der Waals surface area contributed by atoms with Crippen molar-refractivity contribution in [1.29, 1.82) is 10.8 Å². The third-order valence-corrected chi connectivity index (χ3v) is 6.72. The Morgan fingerprint density at radius 3 is 2.08 bits per heavy atom. The number of halogens is 3. The van der Waals surface area contributed by atoms with Crippen molar-refractivity contribution in [2.75, 3.05) is 5.73 Å². The molecule has 1 aliphatic carbocycles. The zero-order chi connectivity index (χ0) is 26.6. The number of benzene rings is 4. The van der Waals surface area contributed by atoms with E-state index in [2.05, 4.69) is 0 Å². The van der Waals surface area contributed by atoms with Crippen LogP contribution in [0.2, 0.25) is 0 Å². The van der Waals surface area contributed by atoms with Crippen molar-refractivity contribution in [3.05, 3.63) is 114 Å². The summed E-state index contributed by atoms with van der Waals surface area (Å²) in [5.41, 5.74) is 10.1. The highest BCUT2D eigenvalue weighted by Gasteiger charge is 2.23. The Kier molecular flexibility index (Phi) is 5.42. The normalized spacial score (nSPS) is 12.7. The average Bonchev–Trinajstić information content (AvgIpc) is 2.93. The molecule has 0 atom stereocenters. The molecule has 6 rings (SSSR count). The Balaban J connectivity index is 1.49. The predicted octanol–water partition coefficient (Wildman–Crippen LogP) is 7.65. The molecular weight excluding hydrogens is 485 g/mol. The van der Waals surface area contributed by atoms with E-state index in [-0.39, 0.29) is 22.6 Å². The average molecular weight is 505 g/mol. The predicted molar refractivity (Wildman–Crippen MR) is 146 cm³/mol. The maximum absolute atomic E-state index is 14.5. The lowest BCUT2D eigenvalue weighted by molar-refractivity contribution is 0.554. The molecule has 4 N–H and O–H groups in total. The highest BCUT2D eigenvalue weighted by molar-refractivity contribution is 6.54. The topological polar surface area (TPSA) is 86.6 Å². The number of hydrogen-bond donors (Lipinski definition) is 3. The minimum Gasteiger partial charge on any atom is -0.394 e. The first-order chi connectivity index (χ1) is 18.3. The van der Waals surface area contributed by atoms with E-state index < -0.39 is 23.1 Å². The van der Waals surface area contributed by atoms with Crippen LogP contribution in [0, 0.1) is 28.3 Å². The molecule has 4 nitrogen and oxygen atoms in total. The monoisotopic (exact) mass is 504 g/mol. The van der Waals surface area contributed by atoms with Gasteiger partial charge >= 0.3 is 0 Å². The van der Waals surface area contributed by atoms with Gasteiger partial charge < -0.3 is 5.73 Å². The van der Waals surface area contributed by atoms with Gasteiger partial charge in [-0.1, -0.05) is 66.7 Å². The van der Waals surface area contributed by atoms with Crippen LogP contribution in [-0.2, 0) is 0 Å². The number of nitrogens with two attached hydrogens (primary N) is 1. The van der Waals surface area contributed by atoms with E-state index in [9.17, 15) is 13.2 Å². The lowest BCUT2D eigenvalue weighted by atomic mass is 9.87. The summed E-state index contributed by atoms with van der Waals surface area (Å²) in [6, 6.07) is 22.4. The SMILES string of the molecule is N=C1C=Cc2c(-c3ccccc3)nc3cc(-c4ccc(-c5c(F)cc(F)c(N)c5F)cc4)ccc3c2C1=N. The van der Waals surface area contributed by atoms with Crippen LogP contribution in [0.3, 0.4) is 0 Å². The number of nitrogens with one attached hydrogen (secondary N) is 2. The molecule has 7 heteroatoms. The molecular formula is C31H19F3N4. The zero-order valence-electron chi connectivity index (χ0n) is 19.8. The van der Waals surface area contributed by atoms with Gasteiger partial charge in [0.25, 0.3) is 0 Å². The maximum atomic E-state index is 14.5. The van der Waals surface area contributed by atoms with Crippen molar-refractivity contribution in [3.8, 4) is 33.5 Å². The summed E-state index contributed by atoms with van der Waals surface area (Å²) in [6.45, 7) is 0. The summed E-state index contributed by atoms with van der Waals surface area (Å²) in [4.78, 5) is 4.94. The number of nitrogen functional groups attached to an aromatic ring is 1. The van der Waals surface area contributed by atoms with E-state index >= 15 is 0 Å². The Labute approximate surface area is 215 Å². The van der Waals surface area contributed by atoms with E-state index in [1.54, 1.807) is 30.3 Å². The van der Waals surface area contributed by atoms with Crippen LogP contribution in [0.1, 0.15) is 11.1 Å². The summed E-state index contributed by atoms with van der Waals surface area (Å²) in [5, 5.41) is 17.5. The van der Waals surface area contributed by atoms with Gasteiger partial charge in [0.15, 0.2) is 11.6 Å². The molecule has 0 unspecified atom stereocenters. The lowest BCUT2D eigenvalue weighted by Gasteiger charge is -2.19. The Bertz CT molecular complexity index is 1830. The second-order valence-electron chi connectivity index (χ2n) is 8.99. The first-order valence-electron chi connectivity index (χ1n) is 11.8. The number of nitrogens with zero attached hydrogens (tertiary/aromatic N) is 1. The van der Waals surface area contributed by atoms with Crippen LogP contribution < -0.4 is 5.73 Å². The van der Waals surface area contributed by atoms with Crippen LogP contribution in [0.5, 0.6) is 0 Å². The van der Waals surface area contributed by atoms with Crippen molar-refractivity contribution < 1.29 is 13.2 Å². The Hall–Kier alpha value is -5.04.